The Bertz CT molecular complexity index is 777. The SMILES string of the molecule is CCCNc1ncnc(-c2cc3cccc(C)c3o2)c1C. The normalized spacial score (nSPS) is 11.0. The van der Waals surface area contributed by atoms with Gasteiger partial charge >= 0.3 is 0 Å². The van der Waals surface area contributed by atoms with E-state index in [1.807, 2.05) is 19.1 Å². The Labute approximate surface area is 124 Å². The van der Waals surface area contributed by atoms with Crippen LogP contribution in [0.4, 0.5) is 5.82 Å². The quantitative estimate of drug-likeness (QED) is 0.773. The first-order valence-corrected chi connectivity index (χ1v) is 7.25. The first kappa shape index (κ1) is 13.6. The van der Waals surface area contributed by atoms with E-state index in [0.29, 0.717) is 0 Å². The molecule has 0 saturated carbocycles. The number of nitrogens with zero attached hydrogens (tertiary/aromatic N) is 2. The molecule has 0 bridgehead atoms. The zero-order valence-corrected chi connectivity index (χ0v) is 12.6. The average molecular weight is 281 g/mol. The summed E-state index contributed by atoms with van der Waals surface area (Å²) in [5, 5.41) is 4.43. The van der Waals surface area contributed by atoms with Gasteiger partial charge in [-0.25, -0.2) is 9.97 Å². The van der Waals surface area contributed by atoms with Crippen molar-refractivity contribution in [1.82, 2.24) is 9.97 Å². The van der Waals surface area contributed by atoms with Gasteiger partial charge in [0.1, 0.15) is 23.4 Å². The number of furan rings is 1. The molecule has 0 saturated heterocycles. The molecule has 0 aliphatic rings. The third-order valence-electron chi connectivity index (χ3n) is 3.60. The second-order valence-corrected chi connectivity index (χ2v) is 5.23. The smallest absolute Gasteiger partial charge is 0.154 e. The van der Waals surface area contributed by atoms with Crippen LogP contribution in [0.25, 0.3) is 22.4 Å². The van der Waals surface area contributed by atoms with Crippen LogP contribution in [-0.2, 0) is 0 Å². The average Bonchev–Trinajstić information content (AvgIpc) is 2.91. The lowest BCUT2D eigenvalue weighted by molar-refractivity contribution is 0.625. The number of aromatic nitrogens is 2. The number of aryl methyl sites for hydroxylation is 1. The maximum absolute atomic E-state index is 6.01. The predicted octanol–water partition coefficient (Wildman–Crippen LogP) is 4.33. The van der Waals surface area contributed by atoms with E-state index in [0.717, 1.165) is 52.3 Å². The molecule has 0 aliphatic heterocycles. The van der Waals surface area contributed by atoms with Crippen molar-refractivity contribution in [2.45, 2.75) is 27.2 Å². The molecule has 0 unspecified atom stereocenters. The number of hydrogen-bond donors (Lipinski definition) is 1. The maximum atomic E-state index is 6.01. The molecule has 4 heteroatoms. The molecule has 1 N–H and O–H groups in total. The highest BCUT2D eigenvalue weighted by atomic mass is 16.3. The van der Waals surface area contributed by atoms with Crippen LogP contribution >= 0.6 is 0 Å². The summed E-state index contributed by atoms with van der Waals surface area (Å²) in [4.78, 5) is 8.71. The second-order valence-electron chi connectivity index (χ2n) is 5.23. The van der Waals surface area contributed by atoms with Gasteiger partial charge in [-0.3, -0.25) is 0 Å². The van der Waals surface area contributed by atoms with Crippen LogP contribution in [-0.4, -0.2) is 16.5 Å². The third kappa shape index (κ3) is 2.49. The van der Waals surface area contributed by atoms with Gasteiger partial charge in [0.2, 0.25) is 0 Å². The van der Waals surface area contributed by atoms with Gasteiger partial charge < -0.3 is 9.73 Å². The van der Waals surface area contributed by atoms with Gasteiger partial charge in [0, 0.05) is 17.5 Å². The zero-order chi connectivity index (χ0) is 14.8. The van der Waals surface area contributed by atoms with E-state index in [-0.39, 0.29) is 0 Å². The molecule has 1 aromatic carbocycles. The lowest BCUT2D eigenvalue weighted by atomic mass is 10.1. The van der Waals surface area contributed by atoms with Crippen LogP contribution in [0.2, 0.25) is 0 Å². The van der Waals surface area contributed by atoms with Crippen molar-refractivity contribution in [2.24, 2.45) is 0 Å². The number of para-hydroxylation sites is 1. The van der Waals surface area contributed by atoms with E-state index in [2.05, 4.69) is 41.3 Å². The Morgan fingerprint density at radius 1 is 1.19 bits per heavy atom. The highest BCUT2D eigenvalue weighted by Crippen LogP contribution is 2.31. The van der Waals surface area contributed by atoms with Gasteiger partial charge in [0.25, 0.3) is 0 Å². The number of anilines is 1. The Hall–Kier alpha value is -2.36. The van der Waals surface area contributed by atoms with Gasteiger partial charge in [0.05, 0.1) is 0 Å². The van der Waals surface area contributed by atoms with Crippen LogP contribution in [0.15, 0.2) is 35.0 Å². The van der Waals surface area contributed by atoms with Crippen LogP contribution in [0.1, 0.15) is 24.5 Å². The molecular weight excluding hydrogens is 262 g/mol. The lowest BCUT2D eigenvalue weighted by Crippen LogP contribution is -2.05. The van der Waals surface area contributed by atoms with Crippen LogP contribution in [0, 0.1) is 13.8 Å². The van der Waals surface area contributed by atoms with Gasteiger partial charge in [0.15, 0.2) is 5.76 Å². The summed E-state index contributed by atoms with van der Waals surface area (Å²) in [7, 11) is 0. The monoisotopic (exact) mass is 281 g/mol. The van der Waals surface area contributed by atoms with Gasteiger partial charge in [-0.05, 0) is 31.9 Å². The first-order valence-electron chi connectivity index (χ1n) is 7.25. The summed E-state index contributed by atoms with van der Waals surface area (Å²) in [6, 6.07) is 8.19. The topological polar surface area (TPSA) is 51.0 Å². The highest BCUT2D eigenvalue weighted by Gasteiger charge is 2.14. The van der Waals surface area contributed by atoms with Crippen molar-refractivity contribution in [2.75, 3.05) is 11.9 Å². The molecular formula is C17H19N3O. The molecule has 0 atom stereocenters. The van der Waals surface area contributed by atoms with Crippen molar-refractivity contribution < 1.29 is 4.42 Å². The molecule has 3 aromatic rings. The molecule has 3 rings (SSSR count). The van der Waals surface area contributed by atoms with Crippen molar-refractivity contribution in [1.29, 1.82) is 0 Å². The van der Waals surface area contributed by atoms with E-state index in [9.17, 15) is 0 Å². The molecule has 2 aromatic heterocycles. The predicted molar refractivity (Wildman–Crippen MR) is 85.5 cm³/mol. The minimum absolute atomic E-state index is 0.791. The Morgan fingerprint density at radius 2 is 2.05 bits per heavy atom. The molecule has 0 fully saturated rings. The third-order valence-corrected chi connectivity index (χ3v) is 3.60. The summed E-state index contributed by atoms with van der Waals surface area (Å²) < 4.78 is 6.01. The van der Waals surface area contributed by atoms with E-state index in [1.54, 1.807) is 6.33 Å². The summed E-state index contributed by atoms with van der Waals surface area (Å²) >= 11 is 0. The molecule has 4 nitrogen and oxygen atoms in total. The Morgan fingerprint density at radius 3 is 2.81 bits per heavy atom. The fraction of sp³-hybridized carbons (Fsp3) is 0.294. The number of nitrogens with one attached hydrogen (secondary N) is 1. The Balaban J connectivity index is 2.08. The fourth-order valence-electron chi connectivity index (χ4n) is 2.45. The summed E-state index contributed by atoms with van der Waals surface area (Å²) in [6.45, 7) is 7.10. The van der Waals surface area contributed by atoms with Gasteiger partial charge in [-0.1, -0.05) is 25.1 Å². The number of rotatable bonds is 4. The van der Waals surface area contributed by atoms with Gasteiger partial charge in [-0.2, -0.15) is 0 Å². The highest BCUT2D eigenvalue weighted by molar-refractivity contribution is 5.85. The van der Waals surface area contributed by atoms with Crippen LogP contribution in [0.5, 0.6) is 0 Å². The number of benzene rings is 1. The first-order chi connectivity index (χ1) is 10.2. The lowest BCUT2D eigenvalue weighted by Gasteiger charge is -2.09. The maximum Gasteiger partial charge on any atom is 0.154 e. The minimum atomic E-state index is 0.791. The van der Waals surface area contributed by atoms with E-state index < -0.39 is 0 Å². The van der Waals surface area contributed by atoms with Crippen molar-refractivity contribution in [3.05, 3.63) is 41.7 Å². The number of hydrogen-bond acceptors (Lipinski definition) is 4. The molecule has 0 amide bonds. The molecule has 0 radical (unpaired) electrons. The van der Waals surface area contributed by atoms with Crippen LogP contribution in [0.3, 0.4) is 0 Å². The summed E-state index contributed by atoms with van der Waals surface area (Å²) in [6.07, 6.45) is 2.64. The molecule has 108 valence electrons. The van der Waals surface area contributed by atoms with E-state index in [1.165, 1.54) is 0 Å². The molecule has 21 heavy (non-hydrogen) atoms. The molecule has 2 heterocycles. The largest absolute Gasteiger partial charge is 0.454 e. The Kier molecular flexibility index (Phi) is 3.60. The fourth-order valence-corrected chi connectivity index (χ4v) is 2.45. The standard InChI is InChI=1S/C17H19N3O/c1-4-8-18-17-12(3)15(19-10-20-17)14-9-13-7-5-6-11(2)16(13)21-14/h5-7,9-10H,4,8H2,1-3H3,(H,18,19,20). The molecule has 0 spiro atoms. The number of fused-ring (bicyclic) bond motifs is 1. The summed E-state index contributed by atoms with van der Waals surface area (Å²) in [5.74, 6) is 1.66. The summed E-state index contributed by atoms with van der Waals surface area (Å²) in [5.41, 5.74) is 3.92. The van der Waals surface area contributed by atoms with Gasteiger partial charge in [-0.15, -0.1) is 0 Å². The second kappa shape index (κ2) is 5.56. The van der Waals surface area contributed by atoms with Crippen LogP contribution < -0.4 is 5.32 Å². The van der Waals surface area contributed by atoms with Crippen molar-refractivity contribution in [3.63, 3.8) is 0 Å². The van der Waals surface area contributed by atoms with Crippen molar-refractivity contribution >= 4 is 16.8 Å². The van der Waals surface area contributed by atoms with E-state index >= 15 is 0 Å². The van der Waals surface area contributed by atoms with E-state index in [4.69, 9.17) is 4.42 Å². The van der Waals surface area contributed by atoms with Crippen molar-refractivity contribution in [3.8, 4) is 11.5 Å². The molecule has 0 aliphatic carbocycles. The zero-order valence-electron chi connectivity index (χ0n) is 12.6. The minimum Gasteiger partial charge on any atom is -0.454 e.